The Labute approximate surface area is 128 Å². The number of ether oxygens (including phenoxy) is 1. The standard InChI is InChI=1S/C16H16ClN3O/c1-11(12-5-7-18-8-6-12)20-15-4-3-13(21-2)9-14(15)19-16(20)10-17/h3-9,11H,10H2,1-2H3. The van der Waals surface area contributed by atoms with Gasteiger partial charge in [-0.3, -0.25) is 4.98 Å². The summed E-state index contributed by atoms with van der Waals surface area (Å²) in [4.78, 5) is 8.69. The largest absolute Gasteiger partial charge is 0.497 e. The third kappa shape index (κ3) is 2.47. The molecule has 4 nitrogen and oxygen atoms in total. The smallest absolute Gasteiger partial charge is 0.125 e. The van der Waals surface area contributed by atoms with Gasteiger partial charge in [0.15, 0.2) is 0 Å². The van der Waals surface area contributed by atoms with E-state index >= 15 is 0 Å². The molecule has 0 saturated carbocycles. The predicted molar refractivity (Wildman–Crippen MR) is 83.9 cm³/mol. The van der Waals surface area contributed by atoms with E-state index in [9.17, 15) is 0 Å². The molecule has 21 heavy (non-hydrogen) atoms. The fraction of sp³-hybridized carbons (Fsp3) is 0.250. The fourth-order valence-corrected chi connectivity index (χ4v) is 2.76. The number of aromatic nitrogens is 3. The molecule has 2 aromatic heterocycles. The molecular weight excluding hydrogens is 286 g/mol. The van der Waals surface area contributed by atoms with Crippen molar-refractivity contribution in [2.75, 3.05) is 7.11 Å². The van der Waals surface area contributed by atoms with Crippen molar-refractivity contribution in [3.05, 3.63) is 54.1 Å². The Bertz CT molecular complexity index is 755. The van der Waals surface area contributed by atoms with E-state index in [4.69, 9.17) is 16.3 Å². The van der Waals surface area contributed by atoms with Crippen LogP contribution in [0.1, 0.15) is 24.4 Å². The summed E-state index contributed by atoms with van der Waals surface area (Å²) in [6.45, 7) is 2.14. The lowest BCUT2D eigenvalue weighted by Gasteiger charge is -2.17. The molecule has 0 aliphatic heterocycles. The molecule has 0 radical (unpaired) electrons. The summed E-state index contributed by atoms with van der Waals surface area (Å²) in [7, 11) is 1.65. The van der Waals surface area contributed by atoms with Crippen LogP contribution in [-0.4, -0.2) is 21.6 Å². The van der Waals surface area contributed by atoms with Crippen molar-refractivity contribution < 1.29 is 4.74 Å². The molecule has 108 valence electrons. The highest BCUT2D eigenvalue weighted by Gasteiger charge is 2.17. The zero-order chi connectivity index (χ0) is 14.8. The van der Waals surface area contributed by atoms with Crippen molar-refractivity contribution >= 4 is 22.6 Å². The Kier molecular flexibility index (Phi) is 3.80. The van der Waals surface area contributed by atoms with Crippen LogP contribution in [0.2, 0.25) is 0 Å². The SMILES string of the molecule is COc1ccc2c(c1)nc(CCl)n2C(C)c1ccncc1. The van der Waals surface area contributed by atoms with E-state index in [1.54, 1.807) is 19.5 Å². The first-order chi connectivity index (χ1) is 10.2. The number of hydrogen-bond donors (Lipinski definition) is 0. The van der Waals surface area contributed by atoms with E-state index in [1.807, 2.05) is 30.3 Å². The summed E-state index contributed by atoms with van der Waals surface area (Å²) in [5.41, 5.74) is 3.12. The molecular formula is C16H16ClN3O. The highest BCUT2D eigenvalue weighted by molar-refractivity contribution is 6.16. The van der Waals surface area contributed by atoms with E-state index < -0.39 is 0 Å². The molecule has 0 aliphatic rings. The second-order valence-corrected chi connectivity index (χ2v) is 5.11. The summed E-state index contributed by atoms with van der Waals surface area (Å²) < 4.78 is 7.42. The summed E-state index contributed by atoms with van der Waals surface area (Å²) >= 11 is 6.08. The van der Waals surface area contributed by atoms with E-state index in [2.05, 4.69) is 21.5 Å². The Balaban J connectivity index is 2.16. The number of pyridine rings is 1. The van der Waals surface area contributed by atoms with Crippen LogP contribution in [0.3, 0.4) is 0 Å². The third-order valence-electron chi connectivity index (χ3n) is 3.67. The summed E-state index contributed by atoms with van der Waals surface area (Å²) in [5.74, 6) is 2.01. The molecule has 0 spiro atoms. The molecule has 1 atom stereocenters. The lowest BCUT2D eigenvalue weighted by Crippen LogP contribution is -2.09. The molecule has 5 heteroatoms. The lowest BCUT2D eigenvalue weighted by molar-refractivity contribution is 0.415. The van der Waals surface area contributed by atoms with Gasteiger partial charge in [0.05, 0.1) is 30.1 Å². The number of fused-ring (bicyclic) bond motifs is 1. The number of halogens is 1. The normalized spacial score (nSPS) is 12.5. The zero-order valence-electron chi connectivity index (χ0n) is 12.0. The minimum Gasteiger partial charge on any atom is -0.497 e. The average Bonchev–Trinajstić information content (AvgIpc) is 2.92. The van der Waals surface area contributed by atoms with Gasteiger partial charge in [-0.05, 0) is 36.8 Å². The Morgan fingerprint density at radius 1 is 1.24 bits per heavy atom. The number of rotatable bonds is 4. The van der Waals surface area contributed by atoms with Crippen LogP contribution in [0.15, 0.2) is 42.7 Å². The van der Waals surface area contributed by atoms with Crippen molar-refractivity contribution in [2.45, 2.75) is 18.8 Å². The van der Waals surface area contributed by atoms with Crippen molar-refractivity contribution in [3.8, 4) is 5.75 Å². The molecule has 0 amide bonds. The van der Waals surface area contributed by atoms with E-state index in [1.165, 1.54) is 5.56 Å². The number of imidazole rings is 1. The van der Waals surface area contributed by atoms with Crippen LogP contribution in [0.25, 0.3) is 11.0 Å². The molecule has 1 unspecified atom stereocenters. The second kappa shape index (κ2) is 5.74. The molecule has 3 rings (SSSR count). The maximum Gasteiger partial charge on any atom is 0.125 e. The minimum atomic E-state index is 0.139. The monoisotopic (exact) mass is 301 g/mol. The molecule has 3 aromatic rings. The minimum absolute atomic E-state index is 0.139. The number of hydrogen-bond acceptors (Lipinski definition) is 3. The highest BCUT2D eigenvalue weighted by Crippen LogP contribution is 2.28. The van der Waals surface area contributed by atoms with Gasteiger partial charge in [-0.2, -0.15) is 0 Å². The number of benzene rings is 1. The van der Waals surface area contributed by atoms with Gasteiger partial charge in [0.25, 0.3) is 0 Å². The van der Waals surface area contributed by atoms with Crippen molar-refractivity contribution in [1.82, 2.24) is 14.5 Å². The highest BCUT2D eigenvalue weighted by atomic mass is 35.5. The van der Waals surface area contributed by atoms with Crippen LogP contribution in [-0.2, 0) is 5.88 Å². The third-order valence-corrected chi connectivity index (χ3v) is 3.90. The van der Waals surface area contributed by atoms with Gasteiger partial charge in [-0.25, -0.2) is 4.98 Å². The van der Waals surface area contributed by atoms with Crippen LogP contribution >= 0.6 is 11.6 Å². The first kappa shape index (κ1) is 13.9. The number of nitrogens with zero attached hydrogens (tertiary/aromatic N) is 3. The fourth-order valence-electron chi connectivity index (χ4n) is 2.57. The van der Waals surface area contributed by atoms with Gasteiger partial charge in [0.1, 0.15) is 11.6 Å². The van der Waals surface area contributed by atoms with Crippen LogP contribution in [0.5, 0.6) is 5.75 Å². The maximum atomic E-state index is 6.08. The van der Waals surface area contributed by atoms with E-state index in [0.717, 1.165) is 22.6 Å². The average molecular weight is 302 g/mol. The molecule has 0 fully saturated rings. The van der Waals surface area contributed by atoms with Crippen molar-refractivity contribution in [1.29, 1.82) is 0 Å². The molecule has 1 aromatic carbocycles. The molecule has 0 aliphatic carbocycles. The summed E-state index contributed by atoms with van der Waals surface area (Å²) in [5, 5.41) is 0. The van der Waals surface area contributed by atoms with Crippen molar-refractivity contribution in [2.24, 2.45) is 0 Å². The molecule has 0 bridgehead atoms. The topological polar surface area (TPSA) is 39.9 Å². The van der Waals surface area contributed by atoms with Gasteiger partial charge < -0.3 is 9.30 Å². The van der Waals surface area contributed by atoms with Gasteiger partial charge >= 0.3 is 0 Å². The Morgan fingerprint density at radius 2 is 2.00 bits per heavy atom. The van der Waals surface area contributed by atoms with Gasteiger partial charge in [0, 0.05) is 18.5 Å². The van der Waals surface area contributed by atoms with Gasteiger partial charge in [-0.1, -0.05) is 0 Å². The molecule has 0 N–H and O–H groups in total. The second-order valence-electron chi connectivity index (χ2n) is 4.84. The summed E-state index contributed by atoms with van der Waals surface area (Å²) in [6, 6.07) is 10.1. The van der Waals surface area contributed by atoms with Gasteiger partial charge in [-0.15, -0.1) is 11.6 Å². The van der Waals surface area contributed by atoms with Crippen LogP contribution in [0.4, 0.5) is 0 Å². The van der Waals surface area contributed by atoms with Crippen molar-refractivity contribution in [3.63, 3.8) is 0 Å². The first-order valence-corrected chi connectivity index (χ1v) is 7.28. The first-order valence-electron chi connectivity index (χ1n) is 6.75. The maximum absolute atomic E-state index is 6.08. The van der Waals surface area contributed by atoms with Crippen LogP contribution < -0.4 is 4.74 Å². The Hall–Kier alpha value is -2.07. The quantitative estimate of drug-likeness (QED) is 0.688. The van der Waals surface area contributed by atoms with E-state index in [-0.39, 0.29) is 6.04 Å². The van der Waals surface area contributed by atoms with E-state index in [0.29, 0.717) is 5.88 Å². The number of alkyl halides is 1. The zero-order valence-corrected chi connectivity index (χ0v) is 12.7. The predicted octanol–water partition coefficient (Wildman–Crippen LogP) is 3.79. The lowest BCUT2D eigenvalue weighted by atomic mass is 10.1. The van der Waals surface area contributed by atoms with Crippen LogP contribution in [0, 0.1) is 0 Å². The summed E-state index contributed by atoms with van der Waals surface area (Å²) in [6.07, 6.45) is 3.60. The van der Waals surface area contributed by atoms with Gasteiger partial charge in [0.2, 0.25) is 0 Å². The molecule has 0 saturated heterocycles. The number of methoxy groups -OCH3 is 1. The Morgan fingerprint density at radius 3 is 2.67 bits per heavy atom. The molecule has 2 heterocycles.